The molecule has 0 atom stereocenters. The van der Waals surface area contributed by atoms with Crippen molar-refractivity contribution in [3.05, 3.63) is 53.7 Å². The average Bonchev–Trinajstić information content (AvgIpc) is 2.80. The van der Waals surface area contributed by atoms with Crippen LogP contribution in [0.25, 0.3) is 16.9 Å². The Kier molecular flexibility index (Phi) is 3.40. The third-order valence-corrected chi connectivity index (χ3v) is 3.41. The molecule has 102 valence electrons. The smallest absolute Gasteiger partial charge is 0.164 e. The first-order valence-electron chi connectivity index (χ1n) is 6.35. The Morgan fingerprint density at radius 1 is 1.20 bits per heavy atom. The van der Waals surface area contributed by atoms with Gasteiger partial charge in [-0.05, 0) is 42.8 Å². The van der Waals surface area contributed by atoms with E-state index in [1.807, 2.05) is 17.6 Å². The van der Waals surface area contributed by atoms with Gasteiger partial charge in [0.25, 0.3) is 0 Å². The van der Waals surface area contributed by atoms with Crippen molar-refractivity contribution < 1.29 is 4.39 Å². The van der Waals surface area contributed by atoms with Crippen LogP contribution in [-0.4, -0.2) is 20.4 Å². The molecule has 3 nitrogen and oxygen atoms in total. The summed E-state index contributed by atoms with van der Waals surface area (Å²) >= 11 is 5.85. The highest BCUT2D eigenvalue weighted by atomic mass is 35.5. The molecule has 0 saturated heterocycles. The van der Waals surface area contributed by atoms with E-state index in [2.05, 4.69) is 9.97 Å². The number of hydrogen-bond donors (Lipinski definition) is 0. The minimum Gasteiger partial charge on any atom is -0.281 e. The summed E-state index contributed by atoms with van der Waals surface area (Å²) in [6, 6.07) is 8.23. The largest absolute Gasteiger partial charge is 0.281 e. The Hall–Kier alpha value is -1.94. The van der Waals surface area contributed by atoms with Gasteiger partial charge in [0.05, 0.1) is 0 Å². The van der Waals surface area contributed by atoms with Crippen molar-refractivity contribution in [3.63, 3.8) is 0 Å². The third-order valence-electron chi connectivity index (χ3n) is 3.22. The molecule has 0 spiro atoms. The summed E-state index contributed by atoms with van der Waals surface area (Å²) in [7, 11) is 0. The number of fused-ring (bicyclic) bond motifs is 1. The molecule has 0 aliphatic rings. The van der Waals surface area contributed by atoms with E-state index in [0.717, 1.165) is 28.2 Å². The molecule has 0 aliphatic carbocycles. The number of imidazole rings is 1. The van der Waals surface area contributed by atoms with Crippen LogP contribution in [0.15, 0.2) is 36.5 Å². The number of halogens is 2. The van der Waals surface area contributed by atoms with Gasteiger partial charge in [-0.2, -0.15) is 0 Å². The predicted molar refractivity (Wildman–Crippen MR) is 78.0 cm³/mol. The first-order chi connectivity index (χ1) is 9.70. The molecule has 0 unspecified atom stereocenters. The van der Waals surface area contributed by atoms with Gasteiger partial charge in [0.1, 0.15) is 17.2 Å². The normalized spacial score (nSPS) is 11.2. The van der Waals surface area contributed by atoms with E-state index in [1.165, 1.54) is 12.1 Å². The van der Waals surface area contributed by atoms with Gasteiger partial charge in [0, 0.05) is 24.2 Å². The summed E-state index contributed by atoms with van der Waals surface area (Å²) in [5.74, 6) is 1.05. The minimum absolute atomic E-state index is 0.263. The number of rotatable bonds is 3. The van der Waals surface area contributed by atoms with E-state index < -0.39 is 0 Å². The van der Waals surface area contributed by atoms with Gasteiger partial charge < -0.3 is 0 Å². The molecule has 20 heavy (non-hydrogen) atoms. The minimum atomic E-state index is -0.263. The Bertz CT molecular complexity index is 750. The summed E-state index contributed by atoms with van der Waals surface area (Å²) in [4.78, 5) is 9.03. The van der Waals surface area contributed by atoms with Gasteiger partial charge in [-0.25, -0.2) is 14.4 Å². The average molecular weight is 290 g/mol. The second-order valence-electron chi connectivity index (χ2n) is 4.58. The van der Waals surface area contributed by atoms with Gasteiger partial charge in [-0.3, -0.25) is 4.57 Å². The highest BCUT2D eigenvalue weighted by Crippen LogP contribution is 2.22. The zero-order valence-corrected chi connectivity index (χ0v) is 11.7. The number of alkyl halides is 1. The van der Waals surface area contributed by atoms with Gasteiger partial charge in [0.15, 0.2) is 5.65 Å². The van der Waals surface area contributed by atoms with E-state index in [1.54, 1.807) is 18.3 Å². The lowest BCUT2D eigenvalue weighted by molar-refractivity contribution is 0.627. The number of aryl methyl sites for hydroxylation is 2. The summed E-state index contributed by atoms with van der Waals surface area (Å²) in [5, 5.41) is 0. The Morgan fingerprint density at radius 3 is 2.65 bits per heavy atom. The molecule has 1 aromatic carbocycles. The highest BCUT2D eigenvalue weighted by Gasteiger charge is 2.14. The predicted octanol–water partition coefficient (Wildman–Crippen LogP) is 3.65. The number of benzene rings is 1. The lowest BCUT2D eigenvalue weighted by Crippen LogP contribution is -2.03. The molecule has 0 radical (unpaired) electrons. The summed E-state index contributed by atoms with van der Waals surface area (Å²) in [6.07, 6.45) is 2.39. The molecule has 0 amide bonds. The lowest BCUT2D eigenvalue weighted by atomic mass is 10.2. The van der Waals surface area contributed by atoms with E-state index in [9.17, 15) is 4.39 Å². The fourth-order valence-corrected chi connectivity index (χ4v) is 2.42. The van der Waals surface area contributed by atoms with Crippen molar-refractivity contribution in [2.24, 2.45) is 0 Å². The third kappa shape index (κ3) is 2.16. The van der Waals surface area contributed by atoms with E-state index >= 15 is 0 Å². The monoisotopic (exact) mass is 289 g/mol. The maximum absolute atomic E-state index is 13.1. The maximum atomic E-state index is 13.1. The Morgan fingerprint density at radius 2 is 1.95 bits per heavy atom. The van der Waals surface area contributed by atoms with Crippen LogP contribution in [0.2, 0.25) is 0 Å². The first-order valence-corrected chi connectivity index (χ1v) is 6.89. The van der Waals surface area contributed by atoms with E-state index in [0.29, 0.717) is 12.3 Å². The van der Waals surface area contributed by atoms with E-state index in [-0.39, 0.29) is 5.82 Å². The number of aromatic nitrogens is 3. The molecule has 0 N–H and O–H groups in total. The van der Waals surface area contributed by atoms with Crippen molar-refractivity contribution in [3.8, 4) is 5.69 Å². The quantitative estimate of drug-likeness (QED) is 0.689. The van der Waals surface area contributed by atoms with Crippen LogP contribution in [0.3, 0.4) is 0 Å². The SMILES string of the molecule is Cc1ccnc2c1nc(CCCl)n2-c1ccc(F)cc1. The molecule has 2 aromatic heterocycles. The first kappa shape index (κ1) is 13.1. The van der Waals surface area contributed by atoms with Crippen molar-refractivity contribution in [2.75, 3.05) is 5.88 Å². The topological polar surface area (TPSA) is 30.7 Å². The summed E-state index contributed by atoms with van der Waals surface area (Å²) in [6.45, 7) is 2.00. The van der Waals surface area contributed by atoms with Crippen molar-refractivity contribution in [2.45, 2.75) is 13.3 Å². The molecule has 3 aromatic rings. The molecular weight excluding hydrogens is 277 g/mol. The van der Waals surface area contributed by atoms with Crippen LogP contribution < -0.4 is 0 Å². The standard InChI is InChI=1S/C15H13ClFN3/c1-10-7-9-18-15-14(10)19-13(6-8-16)20(15)12-4-2-11(17)3-5-12/h2-5,7,9H,6,8H2,1H3. The van der Waals surface area contributed by atoms with E-state index in [4.69, 9.17) is 11.6 Å². The van der Waals surface area contributed by atoms with Crippen molar-refractivity contribution >= 4 is 22.8 Å². The second kappa shape index (κ2) is 5.21. The second-order valence-corrected chi connectivity index (χ2v) is 4.96. The van der Waals surface area contributed by atoms with Crippen LogP contribution in [0.5, 0.6) is 0 Å². The molecule has 0 fully saturated rings. The molecule has 5 heteroatoms. The van der Waals surface area contributed by atoms with Gasteiger partial charge in [-0.1, -0.05) is 0 Å². The molecule has 0 bridgehead atoms. The van der Waals surface area contributed by atoms with Crippen LogP contribution >= 0.6 is 11.6 Å². The molecule has 0 saturated carbocycles. The summed E-state index contributed by atoms with van der Waals surface area (Å²) in [5.41, 5.74) is 3.53. The molecule has 0 aliphatic heterocycles. The Balaban J connectivity index is 2.28. The highest BCUT2D eigenvalue weighted by molar-refractivity contribution is 6.17. The number of pyridine rings is 1. The van der Waals surface area contributed by atoms with Crippen LogP contribution in [-0.2, 0) is 6.42 Å². The zero-order valence-electron chi connectivity index (χ0n) is 11.0. The van der Waals surface area contributed by atoms with Crippen molar-refractivity contribution in [1.29, 1.82) is 0 Å². The fourth-order valence-electron chi connectivity index (χ4n) is 2.25. The molecule has 3 rings (SSSR count). The van der Waals surface area contributed by atoms with Gasteiger partial charge in [-0.15, -0.1) is 11.6 Å². The fraction of sp³-hybridized carbons (Fsp3) is 0.200. The lowest BCUT2D eigenvalue weighted by Gasteiger charge is -2.07. The van der Waals surface area contributed by atoms with Crippen LogP contribution in [0.1, 0.15) is 11.4 Å². The maximum Gasteiger partial charge on any atom is 0.164 e. The van der Waals surface area contributed by atoms with Gasteiger partial charge in [0.2, 0.25) is 0 Å². The summed E-state index contributed by atoms with van der Waals surface area (Å²) < 4.78 is 15.0. The zero-order chi connectivity index (χ0) is 14.1. The van der Waals surface area contributed by atoms with Crippen LogP contribution in [0, 0.1) is 12.7 Å². The molecular formula is C15H13ClFN3. The van der Waals surface area contributed by atoms with Crippen molar-refractivity contribution in [1.82, 2.24) is 14.5 Å². The van der Waals surface area contributed by atoms with Gasteiger partial charge >= 0.3 is 0 Å². The number of hydrogen-bond acceptors (Lipinski definition) is 2. The number of nitrogens with zero attached hydrogens (tertiary/aromatic N) is 3. The molecule has 2 heterocycles. The van der Waals surface area contributed by atoms with Crippen LogP contribution in [0.4, 0.5) is 4.39 Å². The Labute approximate surface area is 121 Å².